The number of allylic oxidation sites excluding steroid dienone is 1. The van der Waals surface area contributed by atoms with E-state index in [4.69, 9.17) is 10.5 Å². The van der Waals surface area contributed by atoms with Gasteiger partial charge in [-0.25, -0.2) is 4.79 Å². The third-order valence-electron chi connectivity index (χ3n) is 1.56. The van der Waals surface area contributed by atoms with Crippen molar-refractivity contribution in [2.75, 3.05) is 0 Å². The van der Waals surface area contributed by atoms with E-state index in [0.717, 1.165) is 11.6 Å². The van der Waals surface area contributed by atoms with E-state index >= 15 is 0 Å². The molecule has 0 aliphatic heterocycles. The molecule has 1 aromatic carbocycles. The molecular weight excluding hydrogens is 405 g/mol. The van der Waals surface area contributed by atoms with Crippen LogP contribution in [0.5, 0.6) is 0 Å². The Morgan fingerprint density at radius 2 is 2.00 bits per heavy atom. The summed E-state index contributed by atoms with van der Waals surface area (Å²) in [4.78, 5) is 11.0. The molecule has 0 aliphatic rings. The molecule has 0 heterocycles. The van der Waals surface area contributed by atoms with Gasteiger partial charge in [-0.1, -0.05) is 37.3 Å². The molecule has 15 heavy (non-hydrogen) atoms. The Bertz CT molecular complexity index is 332. The van der Waals surface area contributed by atoms with E-state index in [2.05, 4.69) is 0 Å². The summed E-state index contributed by atoms with van der Waals surface area (Å²) in [5.41, 5.74) is 8.19. The molecule has 0 saturated carbocycles. The Balaban J connectivity index is 0.00000196. The molecule has 0 amide bonds. The first-order valence-electron chi connectivity index (χ1n) is 4.29. The Morgan fingerprint density at radius 1 is 1.40 bits per heavy atom. The SMILES string of the molecule is CC([NH-])=CC(=O)OCc1ccccc1.[Ac]. The molecule has 0 fully saturated rings. The first-order valence-corrected chi connectivity index (χ1v) is 4.29. The summed E-state index contributed by atoms with van der Waals surface area (Å²) in [6.45, 7) is 1.78. The summed E-state index contributed by atoms with van der Waals surface area (Å²) in [6, 6.07) is 9.43. The zero-order chi connectivity index (χ0) is 10.4. The quantitative estimate of drug-likeness (QED) is 0.561. The van der Waals surface area contributed by atoms with Crippen molar-refractivity contribution in [3.8, 4) is 0 Å². The summed E-state index contributed by atoms with van der Waals surface area (Å²) in [7, 11) is 0. The van der Waals surface area contributed by atoms with Crippen molar-refractivity contribution in [3.05, 3.63) is 53.4 Å². The minimum Gasteiger partial charge on any atom is -0.702 e. The predicted molar refractivity (Wildman–Crippen MR) is 54.3 cm³/mol. The standard InChI is InChI=1S/C11H13NO2.Ac/c1-9(12)7-11(13)14-8-10-5-3-2-4-6-10;/h2-7H,8H2,1H3,(H2,12,13);/p-1. The van der Waals surface area contributed by atoms with Crippen LogP contribution in [0, 0.1) is 44.1 Å². The molecule has 77 valence electrons. The number of ether oxygens (including phenoxy) is 1. The zero-order valence-electron chi connectivity index (χ0n) is 8.57. The second-order valence-electron chi connectivity index (χ2n) is 2.92. The van der Waals surface area contributed by atoms with E-state index in [1.807, 2.05) is 30.3 Å². The van der Waals surface area contributed by atoms with Crippen LogP contribution in [-0.4, -0.2) is 5.97 Å². The van der Waals surface area contributed by atoms with Crippen molar-refractivity contribution in [2.24, 2.45) is 0 Å². The van der Waals surface area contributed by atoms with Crippen LogP contribution in [0.25, 0.3) is 5.73 Å². The van der Waals surface area contributed by atoms with Gasteiger partial charge in [-0.05, 0) is 5.56 Å². The summed E-state index contributed by atoms with van der Waals surface area (Å²) in [6.07, 6.45) is 1.16. The van der Waals surface area contributed by atoms with Gasteiger partial charge in [0.1, 0.15) is 6.61 Å². The fraction of sp³-hybridized carbons (Fsp3) is 0.182. The van der Waals surface area contributed by atoms with Gasteiger partial charge in [-0.3, -0.25) is 0 Å². The van der Waals surface area contributed by atoms with Crippen LogP contribution in [0.2, 0.25) is 0 Å². The maximum Gasteiger partial charge on any atom is 0.329 e. The molecule has 3 nitrogen and oxygen atoms in total. The van der Waals surface area contributed by atoms with Gasteiger partial charge in [0.15, 0.2) is 0 Å². The Labute approximate surface area is 125 Å². The molecule has 0 bridgehead atoms. The van der Waals surface area contributed by atoms with Crippen molar-refractivity contribution in [3.63, 3.8) is 0 Å². The number of carbonyl (C=O) groups excluding carboxylic acids is 1. The molecular formula is C11H12AcNO2-. The fourth-order valence-corrected chi connectivity index (χ4v) is 0.947. The average Bonchev–Trinajstić information content (AvgIpc) is 2.15. The smallest absolute Gasteiger partial charge is 0.329 e. The van der Waals surface area contributed by atoms with Gasteiger partial charge < -0.3 is 10.5 Å². The van der Waals surface area contributed by atoms with Crippen LogP contribution < -0.4 is 0 Å². The normalized spacial score (nSPS) is 10.3. The monoisotopic (exact) mass is 417 g/mol. The van der Waals surface area contributed by atoms with Crippen molar-refractivity contribution in [2.45, 2.75) is 13.5 Å². The molecule has 0 atom stereocenters. The average molecular weight is 417 g/mol. The largest absolute Gasteiger partial charge is 0.702 e. The number of rotatable bonds is 3. The second kappa shape index (κ2) is 7.90. The third-order valence-corrected chi connectivity index (χ3v) is 1.56. The van der Waals surface area contributed by atoms with Gasteiger partial charge >= 0.3 is 5.97 Å². The maximum absolute atomic E-state index is 11.0. The summed E-state index contributed by atoms with van der Waals surface area (Å²) in [5, 5.41) is 0. The van der Waals surface area contributed by atoms with Crippen LogP contribution in [0.15, 0.2) is 42.1 Å². The van der Waals surface area contributed by atoms with Gasteiger partial charge in [-0.2, -0.15) is 5.70 Å². The summed E-state index contributed by atoms with van der Waals surface area (Å²) >= 11 is 0. The fourth-order valence-electron chi connectivity index (χ4n) is 0.947. The van der Waals surface area contributed by atoms with E-state index in [1.54, 1.807) is 0 Å². The molecule has 0 spiro atoms. The number of esters is 1. The minimum atomic E-state index is -0.471. The Kier molecular flexibility index (Phi) is 7.73. The molecule has 0 unspecified atom stereocenters. The zero-order valence-corrected chi connectivity index (χ0v) is 13.3. The van der Waals surface area contributed by atoms with Gasteiger partial charge in [0, 0.05) is 50.1 Å². The van der Waals surface area contributed by atoms with Gasteiger partial charge in [0.25, 0.3) is 0 Å². The van der Waals surface area contributed by atoms with Crippen LogP contribution in [0.4, 0.5) is 0 Å². The number of benzene rings is 1. The number of carbonyl (C=O) groups is 1. The van der Waals surface area contributed by atoms with E-state index in [9.17, 15) is 4.79 Å². The predicted octanol–water partition coefficient (Wildman–Crippen LogP) is 2.69. The van der Waals surface area contributed by atoms with Crippen molar-refractivity contribution >= 4 is 5.97 Å². The molecule has 0 aliphatic carbocycles. The second-order valence-corrected chi connectivity index (χ2v) is 2.92. The molecule has 1 N–H and O–H groups in total. The van der Waals surface area contributed by atoms with E-state index in [1.165, 1.54) is 6.92 Å². The van der Waals surface area contributed by atoms with E-state index in [-0.39, 0.29) is 56.4 Å². The molecule has 1 radical (unpaired) electrons. The van der Waals surface area contributed by atoms with Crippen LogP contribution in [0.1, 0.15) is 12.5 Å². The molecule has 0 saturated heterocycles. The van der Waals surface area contributed by atoms with Crippen molar-refractivity contribution in [1.82, 2.24) is 0 Å². The molecule has 1 rings (SSSR count). The number of hydrogen-bond donors (Lipinski definition) is 0. The van der Waals surface area contributed by atoms with E-state index < -0.39 is 5.97 Å². The first kappa shape index (κ1) is 14.7. The maximum atomic E-state index is 11.0. The van der Waals surface area contributed by atoms with Crippen LogP contribution in [0.3, 0.4) is 0 Å². The van der Waals surface area contributed by atoms with E-state index in [0.29, 0.717) is 0 Å². The molecule has 1 aromatic rings. The minimum absolute atomic E-state index is 0. The van der Waals surface area contributed by atoms with Gasteiger partial charge in [0.05, 0.1) is 0 Å². The van der Waals surface area contributed by atoms with Crippen molar-refractivity contribution < 1.29 is 53.6 Å². The van der Waals surface area contributed by atoms with Gasteiger partial charge in [-0.15, -0.1) is 0 Å². The summed E-state index contributed by atoms with van der Waals surface area (Å²) < 4.78 is 4.90. The van der Waals surface area contributed by atoms with Gasteiger partial charge in [0.2, 0.25) is 0 Å². The topological polar surface area (TPSA) is 50.1 Å². The first-order chi connectivity index (χ1) is 6.68. The van der Waals surface area contributed by atoms with Crippen LogP contribution in [-0.2, 0) is 16.1 Å². The molecule has 4 heteroatoms. The number of nitrogens with one attached hydrogen (secondary N) is 1. The molecule has 0 aromatic heterocycles. The Hall–Kier alpha value is -0.328. The summed E-state index contributed by atoms with van der Waals surface area (Å²) in [5.74, 6) is -0.471. The third kappa shape index (κ3) is 6.70. The Morgan fingerprint density at radius 3 is 2.53 bits per heavy atom. The van der Waals surface area contributed by atoms with Crippen LogP contribution >= 0.6 is 0 Å². The van der Waals surface area contributed by atoms with Crippen molar-refractivity contribution in [1.29, 1.82) is 0 Å². The number of hydrogen-bond acceptors (Lipinski definition) is 2.